The van der Waals surface area contributed by atoms with E-state index in [-0.39, 0.29) is 0 Å². The maximum atomic E-state index is 5.33. The maximum absolute atomic E-state index is 5.33. The van der Waals surface area contributed by atoms with Crippen molar-refractivity contribution in [2.75, 3.05) is 20.1 Å². The quantitative estimate of drug-likeness (QED) is 0.741. The van der Waals surface area contributed by atoms with Gasteiger partial charge in [-0.25, -0.2) is 0 Å². The van der Waals surface area contributed by atoms with E-state index >= 15 is 0 Å². The van der Waals surface area contributed by atoms with Crippen molar-refractivity contribution in [1.29, 1.82) is 0 Å². The van der Waals surface area contributed by atoms with Crippen molar-refractivity contribution >= 4 is 0 Å². The van der Waals surface area contributed by atoms with Gasteiger partial charge in [0, 0.05) is 13.1 Å². The summed E-state index contributed by atoms with van der Waals surface area (Å²) >= 11 is 0. The number of nitrogens with zero attached hydrogens (tertiary/aromatic N) is 1. The number of nitrogens with one attached hydrogen (secondary N) is 1. The van der Waals surface area contributed by atoms with Crippen LogP contribution < -0.4 is 5.32 Å². The first kappa shape index (κ1) is 14.8. The molecule has 2 nitrogen and oxygen atoms in total. The van der Waals surface area contributed by atoms with E-state index in [1.54, 1.807) is 0 Å². The van der Waals surface area contributed by atoms with Crippen LogP contribution in [-0.4, -0.2) is 25.0 Å². The largest absolute Gasteiger partial charge is 0.312 e. The Morgan fingerprint density at radius 2 is 1.94 bits per heavy atom. The zero-order chi connectivity index (χ0) is 13.4. The first-order valence-corrected chi connectivity index (χ1v) is 6.53. The molecule has 0 fully saturated rings. The third-order valence-corrected chi connectivity index (χ3v) is 2.79. The fraction of sp³-hybridized carbons (Fsp3) is 0.500. The fourth-order valence-corrected chi connectivity index (χ4v) is 1.88. The molecule has 1 N–H and O–H groups in total. The van der Waals surface area contributed by atoms with Gasteiger partial charge in [0.1, 0.15) is 0 Å². The van der Waals surface area contributed by atoms with Crippen LogP contribution in [0, 0.1) is 18.3 Å². The van der Waals surface area contributed by atoms with Crippen molar-refractivity contribution in [2.45, 2.75) is 26.9 Å². The normalized spacial score (nSPS) is 10.9. The lowest BCUT2D eigenvalue weighted by Crippen LogP contribution is -2.22. The molecule has 0 saturated carbocycles. The standard InChI is InChI=1S/C16H24N2/c1-5-10-18(4)13-16-9-7-6-8-15(16)12-17-11-14(2)3/h1,6-9,14,17H,10-13H2,2-4H3. The van der Waals surface area contributed by atoms with Gasteiger partial charge in [-0.2, -0.15) is 0 Å². The zero-order valence-corrected chi connectivity index (χ0v) is 11.7. The summed E-state index contributed by atoms with van der Waals surface area (Å²) in [7, 11) is 2.05. The number of hydrogen-bond donors (Lipinski definition) is 1. The van der Waals surface area contributed by atoms with Gasteiger partial charge in [-0.05, 0) is 30.6 Å². The second-order valence-corrected chi connectivity index (χ2v) is 5.17. The molecule has 98 valence electrons. The summed E-state index contributed by atoms with van der Waals surface area (Å²) in [5, 5.41) is 3.49. The molecule has 1 aromatic carbocycles. The van der Waals surface area contributed by atoms with Crippen molar-refractivity contribution in [3.05, 3.63) is 35.4 Å². The Kier molecular flexibility index (Phi) is 6.49. The predicted octanol–water partition coefficient (Wildman–Crippen LogP) is 2.50. The summed E-state index contributed by atoms with van der Waals surface area (Å²) < 4.78 is 0. The van der Waals surface area contributed by atoms with Crippen LogP contribution in [0.4, 0.5) is 0 Å². The lowest BCUT2D eigenvalue weighted by molar-refractivity contribution is 0.367. The highest BCUT2D eigenvalue weighted by Gasteiger charge is 2.04. The van der Waals surface area contributed by atoms with Crippen LogP contribution in [0.2, 0.25) is 0 Å². The van der Waals surface area contributed by atoms with E-state index in [2.05, 4.69) is 61.3 Å². The summed E-state index contributed by atoms with van der Waals surface area (Å²) in [6, 6.07) is 8.55. The molecule has 1 aromatic rings. The monoisotopic (exact) mass is 244 g/mol. The molecule has 0 aliphatic heterocycles. The van der Waals surface area contributed by atoms with Crippen molar-refractivity contribution in [3.63, 3.8) is 0 Å². The van der Waals surface area contributed by atoms with Gasteiger partial charge >= 0.3 is 0 Å². The molecule has 2 heteroatoms. The van der Waals surface area contributed by atoms with E-state index < -0.39 is 0 Å². The lowest BCUT2D eigenvalue weighted by atomic mass is 10.1. The number of benzene rings is 1. The average molecular weight is 244 g/mol. The highest BCUT2D eigenvalue weighted by Crippen LogP contribution is 2.11. The van der Waals surface area contributed by atoms with Crippen LogP contribution in [0.5, 0.6) is 0 Å². The molecule has 0 aliphatic carbocycles. The molecule has 0 amide bonds. The molecule has 0 unspecified atom stereocenters. The van der Waals surface area contributed by atoms with Gasteiger partial charge in [-0.3, -0.25) is 4.90 Å². The minimum Gasteiger partial charge on any atom is -0.312 e. The average Bonchev–Trinajstić information content (AvgIpc) is 2.31. The van der Waals surface area contributed by atoms with Gasteiger partial charge in [0.2, 0.25) is 0 Å². The summed E-state index contributed by atoms with van der Waals surface area (Å²) in [5.41, 5.74) is 2.72. The molecule has 0 radical (unpaired) electrons. The van der Waals surface area contributed by atoms with Gasteiger partial charge in [0.25, 0.3) is 0 Å². The first-order chi connectivity index (χ1) is 8.63. The van der Waals surface area contributed by atoms with E-state index in [1.165, 1.54) is 11.1 Å². The highest BCUT2D eigenvalue weighted by atomic mass is 15.1. The van der Waals surface area contributed by atoms with Crippen molar-refractivity contribution < 1.29 is 0 Å². The molecular weight excluding hydrogens is 220 g/mol. The number of terminal acetylenes is 1. The van der Waals surface area contributed by atoms with Crippen LogP contribution in [0.1, 0.15) is 25.0 Å². The molecule has 0 atom stereocenters. The maximum Gasteiger partial charge on any atom is 0.0599 e. The van der Waals surface area contributed by atoms with E-state index in [4.69, 9.17) is 6.42 Å². The molecule has 0 spiro atoms. The Labute approximate surface area is 111 Å². The van der Waals surface area contributed by atoms with Gasteiger partial charge in [0.05, 0.1) is 6.54 Å². The fourth-order valence-electron chi connectivity index (χ4n) is 1.88. The summed E-state index contributed by atoms with van der Waals surface area (Å²) in [6.45, 7) is 8.02. The van der Waals surface area contributed by atoms with E-state index in [1.807, 2.05) is 0 Å². The topological polar surface area (TPSA) is 15.3 Å². The van der Waals surface area contributed by atoms with Crippen LogP contribution >= 0.6 is 0 Å². The van der Waals surface area contributed by atoms with Crippen molar-refractivity contribution in [1.82, 2.24) is 10.2 Å². The number of hydrogen-bond acceptors (Lipinski definition) is 2. The molecule has 0 aromatic heterocycles. The van der Waals surface area contributed by atoms with Crippen LogP contribution in [0.15, 0.2) is 24.3 Å². The Morgan fingerprint density at radius 1 is 1.28 bits per heavy atom. The van der Waals surface area contributed by atoms with Gasteiger partial charge in [0.15, 0.2) is 0 Å². The Morgan fingerprint density at radius 3 is 2.56 bits per heavy atom. The van der Waals surface area contributed by atoms with Crippen LogP contribution in [-0.2, 0) is 13.1 Å². The predicted molar refractivity (Wildman–Crippen MR) is 78.2 cm³/mol. The van der Waals surface area contributed by atoms with E-state index in [9.17, 15) is 0 Å². The smallest absolute Gasteiger partial charge is 0.0599 e. The highest BCUT2D eigenvalue weighted by molar-refractivity contribution is 5.27. The third-order valence-electron chi connectivity index (χ3n) is 2.79. The first-order valence-electron chi connectivity index (χ1n) is 6.53. The summed E-state index contributed by atoms with van der Waals surface area (Å²) in [4.78, 5) is 2.15. The molecule has 0 heterocycles. The SMILES string of the molecule is C#CCN(C)Cc1ccccc1CNCC(C)C. The van der Waals surface area contributed by atoms with Crippen molar-refractivity contribution in [3.8, 4) is 12.3 Å². The molecule has 0 bridgehead atoms. The Bertz CT molecular complexity index is 390. The number of rotatable bonds is 7. The second-order valence-electron chi connectivity index (χ2n) is 5.17. The molecule has 0 aliphatic rings. The van der Waals surface area contributed by atoms with Gasteiger partial charge in [-0.15, -0.1) is 6.42 Å². The molecular formula is C16H24N2. The van der Waals surface area contributed by atoms with E-state index in [0.29, 0.717) is 12.5 Å². The molecule has 18 heavy (non-hydrogen) atoms. The minimum atomic E-state index is 0.682. The summed E-state index contributed by atoms with van der Waals surface area (Å²) in [6.07, 6.45) is 5.33. The van der Waals surface area contributed by atoms with Crippen molar-refractivity contribution in [2.24, 2.45) is 5.92 Å². The Hall–Kier alpha value is -1.30. The van der Waals surface area contributed by atoms with Crippen LogP contribution in [0.25, 0.3) is 0 Å². The second kappa shape index (κ2) is 7.92. The minimum absolute atomic E-state index is 0.682. The van der Waals surface area contributed by atoms with Gasteiger partial charge < -0.3 is 5.32 Å². The van der Waals surface area contributed by atoms with Gasteiger partial charge in [-0.1, -0.05) is 44.0 Å². The lowest BCUT2D eigenvalue weighted by Gasteiger charge is -2.17. The van der Waals surface area contributed by atoms with E-state index in [0.717, 1.165) is 19.6 Å². The van der Waals surface area contributed by atoms with Crippen LogP contribution in [0.3, 0.4) is 0 Å². The third kappa shape index (κ3) is 5.35. The summed E-state index contributed by atoms with van der Waals surface area (Å²) in [5.74, 6) is 3.36. The zero-order valence-electron chi connectivity index (χ0n) is 11.7. The molecule has 0 saturated heterocycles. The Balaban J connectivity index is 2.59. The molecule has 1 rings (SSSR count).